The molecular formula is C14H21BO5S. The molecule has 0 saturated carbocycles. The fourth-order valence-corrected chi connectivity index (χ4v) is 2.94. The molecule has 116 valence electrons. The standard InChI is InChI=1S/C14H21BO5S/c1-13(2)14(3,4)20-15(19-13)10-7-8-12(21(6,16)17)11(9-10)18-5/h7-9H,1-6H3. The molecule has 0 aromatic heterocycles. The van der Waals surface area contributed by atoms with E-state index in [-0.39, 0.29) is 4.90 Å². The van der Waals surface area contributed by atoms with Gasteiger partial charge in [0, 0.05) is 6.26 Å². The quantitative estimate of drug-likeness (QED) is 0.790. The maximum absolute atomic E-state index is 11.7. The van der Waals surface area contributed by atoms with Crippen molar-refractivity contribution in [1.82, 2.24) is 0 Å². The van der Waals surface area contributed by atoms with Gasteiger partial charge < -0.3 is 14.0 Å². The first-order valence-electron chi connectivity index (χ1n) is 6.71. The topological polar surface area (TPSA) is 61.8 Å². The van der Waals surface area contributed by atoms with Crippen LogP contribution in [0, 0.1) is 0 Å². The third-order valence-electron chi connectivity index (χ3n) is 4.11. The van der Waals surface area contributed by atoms with Crippen molar-refractivity contribution in [2.75, 3.05) is 13.4 Å². The van der Waals surface area contributed by atoms with E-state index in [2.05, 4.69) is 0 Å². The summed E-state index contributed by atoms with van der Waals surface area (Å²) in [6, 6.07) is 4.87. The molecule has 1 aromatic rings. The zero-order valence-electron chi connectivity index (χ0n) is 13.3. The van der Waals surface area contributed by atoms with Crippen LogP contribution in [0.15, 0.2) is 23.1 Å². The van der Waals surface area contributed by atoms with Gasteiger partial charge in [-0.3, -0.25) is 0 Å². The number of benzene rings is 1. The summed E-state index contributed by atoms with van der Waals surface area (Å²) in [7, 11) is -2.44. The summed E-state index contributed by atoms with van der Waals surface area (Å²) in [5.41, 5.74) is -0.154. The van der Waals surface area contributed by atoms with Crippen LogP contribution < -0.4 is 10.2 Å². The predicted octanol–water partition coefficient (Wildman–Crippen LogP) is 1.40. The lowest BCUT2D eigenvalue weighted by Crippen LogP contribution is -2.41. The van der Waals surface area contributed by atoms with Gasteiger partial charge in [-0.15, -0.1) is 0 Å². The van der Waals surface area contributed by atoms with Crippen molar-refractivity contribution in [2.45, 2.75) is 43.8 Å². The Kier molecular flexibility index (Phi) is 3.89. The number of rotatable bonds is 3. The van der Waals surface area contributed by atoms with Crippen LogP contribution in [-0.2, 0) is 19.1 Å². The van der Waals surface area contributed by atoms with E-state index in [1.54, 1.807) is 12.1 Å². The molecular weight excluding hydrogens is 291 g/mol. The van der Waals surface area contributed by atoms with Crippen molar-refractivity contribution in [1.29, 1.82) is 0 Å². The summed E-state index contributed by atoms with van der Waals surface area (Å²) in [6.45, 7) is 7.87. The molecule has 1 aliphatic rings. The van der Waals surface area contributed by atoms with E-state index < -0.39 is 28.2 Å². The smallest absolute Gasteiger partial charge is 0.494 e. The Hall–Kier alpha value is -1.05. The first-order valence-corrected chi connectivity index (χ1v) is 8.61. The van der Waals surface area contributed by atoms with Gasteiger partial charge in [0.1, 0.15) is 10.6 Å². The monoisotopic (exact) mass is 312 g/mol. The van der Waals surface area contributed by atoms with Crippen molar-refractivity contribution >= 4 is 22.4 Å². The Balaban J connectivity index is 2.40. The maximum Gasteiger partial charge on any atom is 0.494 e. The minimum Gasteiger partial charge on any atom is -0.495 e. The fraction of sp³-hybridized carbons (Fsp3) is 0.571. The molecule has 0 N–H and O–H groups in total. The van der Waals surface area contributed by atoms with Gasteiger partial charge in [-0.05, 0) is 45.3 Å². The summed E-state index contributed by atoms with van der Waals surface area (Å²) in [4.78, 5) is 0.158. The van der Waals surface area contributed by atoms with Crippen LogP contribution in [0.2, 0.25) is 0 Å². The first kappa shape index (κ1) is 16.3. The van der Waals surface area contributed by atoms with Gasteiger partial charge in [-0.25, -0.2) is 8.42 Å². The number of methoxy groups -OCH3 is 1. The van der Waals surface area contributed by atoms with Gasteiger partial charge in [0.15, 0.2) is 9.84 Å². The van der Waals surface area contributed by atoms with Crippen LogP contribution in [0.5, 0.6) is 5.75 Å². The molecule has 5 nitrogen and oxygen atoms in total. The van der Waals surface area contributed by atoms with E-state index in [9.17, 15) is 8.42 Å². The molecule has 1 heterocycles. The second kappa shape index (κ2) is 5.00. The van der Waals surface area contributed by atoms with E-state index >= 15 is 0 Å². The zero-order chi connectivity index (χ0) is 16.1. The molecule has 0 atom stereocenters. The van der Waals surface area contributed by atoms with Gasteiger partial charge in [-0.2, -0.15) is 0 Å². The molecule has 7 heteroatoms. The fourth-order valence-electron chi connectivity index (χ4n) is 2.12. The average Bonchev–Trinajstić information content (AvgIpc) is 2.56. The molecule has 21 heavy (non-hydrogen) atoms. The van der Waals surface area contributed by atoms with Crippen LogP contribution in [0.1, 0.15) is 27.7 Å². The van der Waals surface area contributed by atoms with E-state index in [1.807, 2.05) is 27.7 Å². The molecule has 0 spiro atoms. The molecule has 1 aliphatic heterocycles. The molecule has 1 saturated heterocycles. The third-order valence-corrected chi connectivity index (χ3v) is 5.25. The summed E-state index contributed by atoms with van der Waals surface area (Å²) >= 11 is 0. The average molecular weight is 312 g/mol. The number of sulfone groups is 1. The molecule has 0 unspecified atom stereocenters. The van der Waals surface area contributed by atoms with Crippen molar-refractivity contribution in [3.8, 4) is 5.75 Å². The molecule has 0 bridgehead atoms. The van der Waals surface area contributed by atoms with E-state index in [1.165, 1.54) is 13.2 Å². The third kappa shape index (κ3) is 2.95. The van der Waals surface area contributed by atoms with Crippen molar-refractivity contribution in [2.24, 2.45) is 0 Å². The molecule has 0 amide bonds. The second-order valence-electron chi connectivity index (χ2n) is 6.27. The van der Waals surface area contributed by atoms with Crippen molar-refractivity contribution in [3.05, 3.63) is 18.2 Å². The van der Waals surface area contributed by atoms with Crippen LogP contribution in [-0.4, -0.2) is 40.1 Å². The van der Waals surface area contributed by atoms with Gasteiger partial charge in [-0.1, -0.05) is 6.07 Å². The van der Waals surface area contributed by atoms with Gasteiger partial charge >= 0.3 is 7.12 Å². The Morgan fingerprint density at radius 2 is 1.62 bits per heavy atom. The summed E-state index contributed by atoms with van der Waals surface area (Å²) in [6.07, 6.45) is 1.15. The first-order chi connectivity index (χ1) is 9.48. The second-order valence-corrected chi connectivity index (χ2v) is 8.25. The number of hydrogen-bond donors (Lipinski definition) is 0. The van der Waals surface area contributed by atoms with Crippen LogP contribution in [0.25, 0.3) is 0 Å². The summed E-state index contributed by atoms with van der Waals surface area (Å²) < 4.78 is 40.5. The predicted molar refractivity (Wildman–Crippen MR) is 81.8 cm³/mol. The Morgan fingerprint density at radius 1 is 1.10 bits per heavy atom. The summed E-state index contributed by atoms with van der Waals surface area (Å²) in [5.74, 6) is 0.296. The van der Waals surface area contributed by atoms with Crippen molar-refractivity contribution < 1.29 is 22.5 Å². The zero-order valence-corrected chi connectivity index (χ0v) is 14.1. The largest absolute Gasteiger partial charge is 0.495 e. The summed E-state index contributed by atoms with van der Waals surface area (Å²) in [5, 5.41) is 0. The van der Waals surface area contributed by atoms with Gasteiger partial charge in [0.25, 0.3) is 0 Å². The Morgan fingerprint density at radius 3 is 2.05 bits per heavy atom. The van der Waals surface area contributed by atoms with E-state index in [4.69, 9.17) is 14.0 Å². The molecule has 1 aromatic carbocycles. The lowest BCUT2D eigenvalue weighted by Gasteiger charge is -2.32. The van der Waals surface area contributed by atoms with Gasteiger partial charge in [0.05, 0.1) is 18.3 Å². The van der Waals surface area contributed by atoms with Gasteiger partial charge in [0.2, 0.25) is 0 Å². The molecule has 0 aliphatic carbocycles. The minimum absolute atomic E-state index is 0.158. The normalized spacial score (nSPS) is 20.6. The van der Waals surface area contributed by atoms with E-state index in [0.717, 1.165) is 11.7 Å². The minimum atomic E-state index is -3.34. The maximum atomic E-state index is 11.7. The highest BCUT2D eigenvalue weighted by Gasteiger charge is 2.51. The van der Waals surface area contributed by atoms with Crippen molar-refractivity contribution in [3.63, 3.8) is 0 Å². The highest BCUT2D eigenvalue weighted by atomic mass is 32.2. The Labute approximate surface area is 126 Å². The molecule has 0 radical (unpaired) electrons. The molecule has 1 fully saturated rings. The lowest BCUT2D eigenvalue weighted by molar-refractivity contribution is 0.00578. The lowest BCUT2D eigenvalue weighted by atomic mass is 9.79. The van der Waals surface area contributed by atoms with Crippen LogP contribution >= 0.6 is 0 Å². The van der Waals surface area contributed by atoms with Crippen LogP contribution in [0.3, 0.4) is 0 Å². The SMILES string of the molecule is COc1cc(B2OC(C)(C)C(C)(C)O2)ccc1S(C)(=O)=O. The Bertz CT molecular complexity index is 635. The van der Waals surface area contributed by atoms with E-state index in [0.29, 0.717) is 5.75 Å². The number of ether oxygens (including phenoxy) is 1. The highest BCUT2D eigenvalue weighted by Crippen LogP contribution is 2.36. The highest BCUT2D eigenvalue weighted by molar-refractivity contribution is 7.90. The number of hydrogen-bond acceptors (Lipinski definition) is 5. The molecule has 2 rings (SSSR count). The van der Waals surface area contributed by atoms with Crippen LogP contribution in [0.4, 0.5) is 0 Å².